The van der Waals surface area contributed by atoms with E-state index in [2.05, 4.69) is 41.4 Å². The Morgan fingerprint density at radius 1 is 1.04 bits per heavy atom. The van der Waals surface area contributed by atoms with Crippen LogP contribution in [0.2, 0.25) is 0 Å². The van der Waals surface area contributed by atoms with Gasteiger partial charge in [-0.15, -0.1) is 24.0 Å². The van der Waals surface area contributed by atoms with E-state index in [1.54, 1.807) is 14.2 Å². The summed E-state index contributed by atoms with van der Waals surface area (Å²) in [5.74, 6) is 1.66. The molecule has 7 heteroatoms. The fourth-order valence-electron chi connectivity index (χ4n) is 2.47. The van der Waals surface area contributed by atoms with Crippen molar-refractivity contribution in [2.45, 2.75) is 13.1 Å². The third kappa shape index (κ3) is 6.72. The SMILES string of the molecule is COc1ccc(NC(N)=NCc2cccc(CN(C)C)c2)cc1OC.I. The third-order valence-electron chi connectivity index (χ3n) is 3.58. The first kappa shape index (κ1) is 22.0. The molecular formula is C19H27IN4O2. The van der Waals surface area contributed by atoms with E-state index in [0.717, 1.165) is 17.8 Å². The molecule has 0 aliphatic heterocycles. The van der Waals surface area contributed by atoms with Gasteiger partial charge in [0.1, 0.15) is 0 Å². The Bertz CT molecular complexity index is 735. The maximum atomic E-state index is 5.99. The average Bonchev–Trinajstić information content (AvgIpc) is 2.59. The van der Waals surface area contributed by atoms with Gasteiger partial charge in [-0.3, -0.25) is 0 Å². The summed E-state index contributed by atoms with van der Waals surface area (Å²) in [6.07, 6.45) is 0. The standard InChI is InChI=1S/C19H26N4O2.HI/c1-23(2)13-15-7-5-6-14(10-15)12-21-19(20)22-16-8-9-17(24-3)18(11-16)25-4;/h5-11H,12-13H2,1-4H3,(H3,20,21,22);1H. The van der Waals surface area contributed by atoms with E-state index in [9.17, 15) is 0 Å². The Morgan fingerprint density at radius 2 is 1.73 bits per heavy atom. The number of aliphatic imine (C=N–C) groups is 1. The van der Waals surface area contributed by atoms with Gasteiger partial charge in [-0.1, -0.05) is 24.3 Å². The lowest BCUT2D eigenvalue weighted by Crippen LogP contribution is -2.22. The molecular weight excluding hydrogens is 443 g/mol. The summed E-state index contributed by atoms with van der Waals surface area (Å²) in [5, 5.41) is 3.07. The number of hydrogen-bond acceptors (Lipinski definition) is 4. The van der Waals surface area contributed by atoms with E-state index in [-0.39, 0.29) is 24.0 Å². The van der Waals surface area contributed by atoms with Gasteiger partial charge in [-0.25, -0.2) is 4.99 Å². The molecule has 0 aromatic heterocycles. The molecule has 0 bridgehead atoms. The number of nitrogens with zero attached hydrogens (tertiary/aromatic N) is 2. The van der Waals surface area contributed by atoms with Crippen molar-refractivity contribution in [3.63, 3.8) is 0 Å². The topological polar surface area (TPSA) is 72.1 Å². The van der Waals surface area contributed by atoms with Gasteiger partial charge in [0, 0.05) is 18.3 Å². The quantitative estimate of drug-likeness (QED) is 0.369. The van der Waals surface area contributed by atoms with Crippen molar-refractivity contribution in [1.29, 1.82) is 0 Å². The Labute approximate surface area is 172 Å². The number of hydrogen-bond donors (Lipinski definition) is 2. The first-order chi connectivity index (χ1) is 12.0. The first-order valence-electron chi connectivity index (χ1n) is 8.03. The molecule has 0 aliphatic carbocycles. The summed E-state index contributed by atoms with van der Waals surface area (Å²) < 4.78 is 10.5. The first-order valence-corrected chi connectivity index (χ1v) is 8.03. The molecule has 0 unspecified atom stereocenters. The second-order valence-corrected chi connectivity index (χ2v) is 5.95. The van der Waals surface area contributed by atoms with Crippen molar-refractivity contribution < 1.29 is 9.47 Å². The van der Waals surface area contributed by atoms with Crippen LogP contribution in [0, 0.1) is 0 Å². The van der Waals surface area contributed by atoms with Crippen LogP contribution in [0.5, 0.6) is 11.5 Å². The number of halogens is 1. The molecule has 0 saturated carbocycles. The maximum Gasteiger partial charge on any atom is 0.193 e. The molecule has 2 rings (SSSR count). The highest BCUT2D eigenvalue weighted by Gasteiger charge is 2.05. The monoisotopic (exact) mass is 470 g/mol. The predicted octanol–water partition coefficient (Wildman–Crippen LogP) is 3.31. The highest BCUT2D eigenvalue weighted by atomic mass is 127. The van der Waals surface area contributed by atoms with Crippen molar-refractivity contribution in [2.24, 2.45) is 10.7 Å². The normalized spacial score (nSPS) is 11.0. The van der Waals surface area contributed by atoms with Crippen LogP contribution >= 0.6 is 24.0 Å². The van der Waals surface area contributed by atoms with Crippen LogP contribution in [0.1, 0.15) is 11.1 Å². The lowest BCUT2D eigenvalue weighted by molar-refractivity contribution is 0.355. The summed E-state index contributed by atoms with van der Waals surface area (Å²) in [7, 11) is 7.30. The Kier molecular flexibility index (Phi) is 9.22. The molecule has 0 radical (unpaired) electrons. The summed E-state index contributed by atoms with van der Waals surface area (Å²) in [6, 6.07) is 13.8. The van der Waals surface area contributed by atoms with Crippen LogP contribution in [-0.2, 0) is 13.1 Å². The summed E-state index contributed by atoms with van der Waals surface area (Å²) in [5.41, 5.74) is 9.16. The van der Waals surface area contributed by atoms with Crippen molar-refractivity contribution in [3.05, 3.63) is 53.6 Å². The van der Waals surface area contributed by atoms with E-state index in [1.807, 2.05) is 30.3 Å². The molecule has 3 N–H and O–H groups in total. The lowest BCUT2D eigenvalue weighted by atomic mass is 10.1. The zero-order chi connectivity index (χ0) is 18.2. The van der Waals surface area contributed by atoms with Crippen LogP contribution in [0.4, 0.5) is 5.69 Å². The minimum Gasteiger partial charge on any atom is -0.493 e. The van der Waals surface area contributed by atoms with Gasteiger partial charge in [0.25, 0.3) is 0 Å². The van der Waals surface area contributed by atoms with Gasteiger partial charge >= 0.3 is 0 Å². The molecule has 0 spiro atoms. The zero-order valence-corrected chi connectivity index (χ0v) is 18.0. The van der Waals surface area contributed by atoms with Crippen molar-refractivity contribution >= 4 is 35.6 Å². The number of anilines is 1. The van der Waals surface area contributed by atoms with Crippen LogP contribution < -0.4 is 20.5 Å². The Balaban J connectivity index is 0.00000338. The van der Waals surface area contributed by atoms with Crippen LogP contribution in [0.25, 0.3) is 0 Å². The van der Waals surface area contributed by atoms with Crippen molar-refractivity contribution in [1.82, 2.24) is 4.90 Å². The highest BCUT2D eigenvalue weighted by Crippen LogP contribution is 2.29. The molecule has 0 saturated heterocycles. The maximum absolute atomic E-state index is 5.99. The van der Waals surface area contributed by atoms with E-state index in [0.29, 0.717) is 24.0 Å². The van der Waals surface area contributed by atoms with E-state index < -0.39 is 0 Å². The fourth-order valence-corrected chi connectivity index (χ4v) is 2.47. The van der Waals surface area contributed by atoms with Crippen LogP contribution in [0.3, 0.4) is 0 Å². The summed E-state index contributed by atoms with van der Waals surface area (Å²) in [6.45, 7) is 1.42. The van der Waals surface area contributed by atoms with Gasteiger partial charge < -0.3 is 25.4 Å². The molecule has 0 amide bonds. The molecule has 2 aromatic carbocycles. The summed E-state index contributed by atoms with van der Waals surface area (Å²) >= 11 is 0. The molecule has 6 nitrogen and oxygen atoms in total. The smallest absolute Gasteiger partial charge is 0.193 e. The molecule has 142 valence electrons. The number of guanidine groups is 1. The molecule has 0 aliphatic rings. The Morgan fingerprint density at radius 3 is 2.38 bits per heavy atom. The number of benzene rings is 2. The van der Waals surface area contributed by atoms with E-state index in [1.165, 1.54) is 5.56 Å². The second-order valence-electron chi connectivity index (χ2n) is 5.95. The van der Waals surface area contributed by atoms with Crippen LogP contribution in [-0.4, -0.2) is 39.2 Å². The predicted molar refractivity (Wildman–Crippen MR) is 118 cm³/mol. The third-order valence-corrected chi connectivity index (χ3v) is 3.58. The van der Waals surface area contributed by atoms with Crippen LogP contribution in [0.15, 0.2) is 47.5 Å². The number of rotatable bonds is 7. The van der Waals surface area contributed by atoms with Gasteiger partial charge in [0.05, 0.1) is 20.8 Å². The lowest BCUT2D eigenvalue weighted by Gasteiger charge is -2.11. The van der Waals surface area contributed by atoms with Gasteiger partial charge in [-0.05, 0) is 37.4 Å². The highest BCUT2D eigenvalue weighted by molar-refractivity contribution is 14.0. The molecule has 0 atom stereocenters. The van der Waals surface area contributed by atoms with E-state index >= 15 is 0 Å². The number of nitrogens with one attached hydrogen (secondary N) is 1. The molecule has 26 heavy (non-hydrogen) atoms. The minimum absolute atomic E-state index is 0. The molecule has 2 aromatic rings. The Hall–Kier alpha value is -2.00. The average molecular weight is 470 g/mol. The summed E-state index contributed by atoms with van der Waals surface area (Å²) in [4.78, 5) is 6.54. The minimum atomic E-state index is 0. The molecule has 0 fully saturated rings. The number of methoxy groups -OCH3 is 2. The van der Waals surface area contributed by atoms with Gasteiger partial charge in [-0.2, -0.15) is 0 Å². The van der Waals surface area contributed by atoms with E-state index in [4.69, 9.17) is 15.2 Å². The largest absolute Gasteiger partial charge is 0.493 e. The van der Waals surface area contributed by atoms with Gasteiger partial charge in [0.15, 0.2) is 17.5 Å². The number of ether oxygens (including phenoxy) is 2. The van der Waals surface area contributed by atoms with Gasteiger partial charge in [0.2, 0.25) is 0 Å². The zero-order valence-electron chi connectivity index (χ0n) is 15.7. The second kappa shape index (κ2) is 10.9. The van der Waals surface area contributed by atoms with Crippen molar-refractivity contribution in [3.8, 4) is 11.5 Å². The number of nitrogens with two attached hydrogens (primary N) is 1. The fraction of sp³-hybridized carbons (Fsp3) is 0.316. The molecule has 0 heterocycles. The van der Waals surface area contributed by atoms with Crippen molar-refractivity contribution in [2.75, 3.05) is 33.6 Å².